The van der Waals surface area contributed by atoms with E-state index in [2.05, 4.69) is 65.2 Å². The van der Waals surface area contributed by atoms with E-state index in [0.29, 0.717) is 6.04 Å². The van der Waals surface area contributed by atoms with Crippen LogP contribution in [0.5, 0.6) is 0 Å². The number of hydrogen-bond acceptors (Lipinski definition) is 4. The van der Waals surface area contributed by atoms with Gasteiger partial charge in [0.05, 0.1) is 0 Å². The molecule has 1 saturated heterocycles. The van der Waals surface area contributed by atoms with Crippen molar-refractivity contribution in [1.29, 1.82) is 0 Å². The molecule has 3 rings (SSSR count). The molecule has 0 spiro atoms. The zero-order chi connectivity index (χ0) is 16.2. The molecular formula is C19H26N4. The largest absolute Gasteiger partial charge is 0.353 e. The van der Waals surface area contributed by atoms with Gasteiger partial charge in [-0.3, -0.25) is 0 Å². The Morgan fingerprint density at radius 1 is 1.17 bits per heavy atom. The first kappa shape index (κ1) is 15.8. The zero-order valence-electron chi connectivity index (χ0n) is 14.3. The Bertz CT molecular complexity index is 648. The van der Waals surface area contributed by atoms with Crippen LogP contribution >= 0.6 is 0 Å². The van der Waals surface area contributed by atoms with Crippen molar-refractivity contribution in [3.05, 3.63) is 41.7 Å². The van der Waals surface area contributed by atoms with Gasteiger partial charge in [-0.2, -0.15) is 0 Å². The molecule has 2 aromatic rings. The first-order chi connectivity index (χ1) is 11.2. The van der Waals surface area contributed by atoms with E-state index in [1.165, 1.54) is 36.8 Å². The van der Waals surface area contributed by atoms with Gasteiger partial charge in [0.2, 0.25) is 0 Å². The van der Waals surface area contributed by atoms with Crippen LogP contribution in [0.2, 0.25) is 0 Å². The Kier molecular flexibility index (Phi) is 4.79. The van der Waals surface area contributed by atoms with Crippen LogP contribution in [0.3, 0.4) is 0 Å². The minimum absolute atomic E-state index is 0.603. The second-order valence-electron chi connectivity index (χ2n) is 6.40. The summed E-state index contributed by atoms with van der Waals surface area (Å²) in [7, 11) is 0. The van der Waals surface area contributed by atoms with Crippen LogP contribution < -0.4 is 10.2 Å². The van der Waals surface area contributed by atoms with E-state index in [-0.39, 0.29) is 0 Å². The highest BCUT2D eigenvalue weighted by Gasteiger charge is 2.22. The summed E-state index contributed by atoms with van der Waals surface area (Å²) in [5.41, 5.74) is 3.60. The van der Waals surface area contributed by atoms with E-state index in [0.717, 1.165) is 23.9 Å². The van der Waals surface area contributed by atoms with E-state index in [9.17, 15) is 0 Å². The molecule has 122 valence electrons. The maximum Gasteiger partial charge on any atom is 0.135 e. The van der Waals surface area contributed by atoms with Gasteiger partial charge in [0.15, 0.2) is 0 Å². The summed E-state index contributed by atoms with van der Waals surface area (Å²) in [6.45, 7) is 7.60. The van der Waals surface area contributed by atoms with Crippen LogP contribution in [-0.4, -0.2) is 22.6 Å². The van der Waals surface area contributed by atoms with Gasteiger partial charge in [-0.25, -0.2) is 9.97 Å². The van der Waals surface area contributed by atoms with E-state index in [1.807, 2.05) is 0 Å². The van der Waals surface area contributed by atoms with Gasteiger partial charge < -0.3 is 10.2 Å². The number of para-hydroxylation sites is 1. The van der Waals surface area contributed by atoms with Gasteiger partial charge in [-0.1, -0.05) is 25.1 Å². The van der Waals surface area contributed by atoms with Crippen LogP contribution in [0, 0.1) is 13.8 Å². The number of aromatic nitrogens is 2. The third kappa shape index (κ3) is 3.46. The minimum atomic E-state index is 0.603. The van der Waals surface area contributed by atoms with Gasteiger partial charge >= 0.3 is 0 Å². The van der Waals surface area contributed by atoms with Crippen molar-refractivity contribution in [3.63, 3.8) is 0 Å². The highest BCUT2D eigenvalue weighted by molar-refractivity contribution is 5.65. The SMILES string of the molecule is CCC1CCCCN1c1cc(Nc2c(C)cccc2C)ncn1. The number of hydrogen-bond donors (Lipinski definition) is 1. The zero-order valence-corrected chi connectivity index (χ0v) is 14.3. The van der Waals surface area contributed by atoms with Gasteiger partial charge in [0.1, 0.15) is 18.0 Å². The summed E-state index contributed by atoms with van der Waals surface area (Å²) >= 11 is 0. The fourth-order valence-electron chi connectivity index (χ4n) is 3.44. The molecule has 1 aliphatic heterocycles. The molecule has 0 aliphatic carbocycles. The molecule has 0 amide bonds. The summed E-state index contributed by atoms with van der Waals surface area (Å²) in [5, 5.41) is 3.48. The Hall–Kier alpha value is -2.10. The van der Waals surface area contributed by atoms with Gasteiger partial charge in [-0.05, 0) is 50.7 Å². The number of rotatable bonds is 4. The highest BCUT2D eigenvalue weighted by Crippen LogP contribution is 2.28. The lowest BCUT2D eigenvalue weighted by Gasteiger charge is -2.36. The number of aryl methyl sites for hydroxylation is 2. The Balaban J connectivity index is 1.85. The monoisotopic (exact) mass is 310 g/mol. The van der Waals surface area contributed by atoms with Crippen molar-refractivity contribution in [2.45, 2.75) is 52.5 Å². The summed E-state index contributed by atoms with van der Waals surface area (Å²) < 4.78 is 0. The molecule has 0 saturated carbocycles. The second kappa shape index (κ2) is 6.99. The summed E-state index contributed by atoms with van der Waals surface area (Å²) in [6, 6.07) is 9.01. The van der Waals surface area contributed by atoms with E-state index in [4.69, 9.17) is 0 Å². The summed E-state index contributed by atoms with van der Waals surface area (Å²) in [4.78, 5) is 11.4. The first-order valence-corrected chi connectivity index (χ1v) is 8.61. The molecule has 0 radical (unpaired) electrons. The number of benzene rings is 1. The number of nitrogens with zero attached hydrogens (tertiary/aromatic N) is 3. The third-order valence-electron chi connectivity index (χ3n) is 4.78. The van der Waals surface area contributed by atoms with Crippen molar-refractivity contribution >= 4 is 17.3 Å². The maximum absolute atomic E-state index is 4.52. The molecule has 0 bridgehead atoms. The van der Waals surface area contributed by atoms with E-state index in [1.54, 1.807) is 6.33 Å². The highest BCUT2D eigenvalue weighted by atomic mass is 15.2. The van der Waals surface area contributed by atoms with Crippen LogP contribution in [0.25, 0.3) is 0 Å². The molecule has 2 heterocycles. The molecule has 1 aromatic heterocycles. The van der Waals surface area contributed by atoms with Crippen molar-refractivity contribution in [2.24, 2.45) is 0 Å². The minimum Gasteiger partial charge on any atom is -0.353 e. The van der Waals surface area contributed by atoms with E-state index < -0.39 is 0 Å². The van der Waals surface area contributed by atoms with Crippen LogP contribution in [0.1, 0.15) is 43.7 Å². The third-order valence-corrected chi connectivity index (χ3v) is 4.78. The smallest absolute Gasteiger partial charge is 0.135 e. The van der Waals surface area contributed by atoms with E-state index >= 15 is 0 Å². The topological polar surface area (TPSA) is 41.0 Å². The first-order valence-electron chi connectivity index (χ1n) is 8.61. The van der Waals surface area contributed by atoms with Crippen molar-refractivity contribution in [2.75, 3.05) is 16.8 Å². The molecule has 1 aromatic carbocycles. The normalized spacial score (nSPS) is 18.0. The molecule has 1 fully saturated rings. The molecule has 23 heavy (non-hydrogen) atoms. The quantitative estimate of drug-likeness (QED) is 0.895. The molecular weight excluding hydrogens is 284 g/mol. The lowest BCUT2D eigenvalue weighted by molar-refractivity contribution is 0.446. The van der Waals surface area contributed by atoms with Crippen molar-refractivity contribution in [1.82, 2.24) is 9.97 Å². The lowest BCUT2D eigenvalue weighted by atomic mass is 10.00. The van der Waals surface area contributed by atoms with Crippen LogP contribution in [0.4, 0.5) is 17.3 Å². The van der Waals surface area contributed by atoms with Crippen molar-refractivity contribution in [3.8, 4) is 0 Å². The van der Waals surface area contributed by atoms with Crippen molar-refractivity contribution < 1.29 is 0 Å². The standard InChI is InChI=1S/C19H26N4/c1-4-16-10-5-6-11-23(16)18-12-17(20-13-21-18)22-19-14(2)8-7-9-15(19)3/h7-9,12-13,16H,4-6,10-11H2,1-3H3,(H,20,21,22). The molecule has 4 nitrogen and oxygen atoms in total. The Labute approximate surface area is 139 Å². The Morgan fingerprint density at radius 2 is 1.96 bits per heavy atom. The molecule has 1 atom stereocenters. The van der Waals surface area contributed by atoms with Gasteiger partial charge in [-0.15, -0.1) is 0 Å². The maximum atomic E-state index is 4.52. The average Bonchev–Trinajstić information content (AvgIpc) is 2.58. The molecule has 1 unspecified atom stereocenters. The predicted octanol–water partition coefficient (Wildman–Crippen LogP) is 4.61. The number of piperidine rings is 1. The van der Waals surface area contributed by atoms with Gasteiger partial charge in [0, 0.05) is 24.3 Å². The van der Waals surface area contributed by atoms with Gasteiger partial charge in [0.25, 0.3) is 0 Å². The fraction of sp³-hybridized carbons (Fsp3) is 0.474. The predicted molar refractivity (Wildman–Crippen MR) is 96.5 cm³/mol. The Morgan fingerprint density at radius 3 is 2.70 bits per heavy atom. The molecule has 4 heteroatoms. The molecule has 1 aliphatic rings. The summed E-state index contributed by atoms with van der Waals surface area (Å²) in [6.07, 6.45) is 6.68. The number of nitrogens with one attached hydrogen (secondary N) is 1. The number of anilines is 3. The fourth-order valence-corrected chi connectivity index (χ4v) is 3.44. The average molecular weight is 310 g/mol. The second-order valence-corrected chi connectivity index (χ2v) is 6.40. The van der Waals surface area contributed by atoms with Crippen LogP contribution in [0.15, 0.2) is 30.6 Å². The van der Waals surface area contributed by atoms with Crippen LogP contribution in [-0.2, 0) is 0 Å². The lowest BCUT2D eigenvalue weighted by Crippen LogP contribution is -2.39. The summed E-state index contributed by atoms with van der Waals surface area (Å²) in [5.74, 6) is 1.91. The molecule has 1 N–H and O–H groups in total.